The number of nitrogens with zero attached hydrogens (tertiary/aromatic N) is 3. The summed E-state index contributed by atoms with van der Waals surface area (Å²) in [5, 5.41) is 0.634. The van der Waals surface area contributed by atoms with E-state index >= 15 is 0 Å². The van der Waals surface area contributed by atoms with E-state index in [9.17, 15) is 4.21 Å². The second-order valence-electron chi connectivity index (χ2n) is 6.14. The molecule has 0 bridgehead atoms. The molecule has 5 heteroatoms. The standard InChI is InChI=1S/C20H25N3OS/c1-4-14-23(5-2)18-12-8-6-10-16(18)15-25(24)20-21-17-11-7-9-13-19(17)22(20)3/h6-13H,4-5,14-15H2,1-3H3. The molecule has 1 aromatic heterocycles. The molecule has 0 aliphatic heterocycles. The van der Waals surface area contributed by atoms with Crippen LogP contribution in [0.25, 0.3) is 11.0 Å². The molecule has 1 atom stereocenters. The highest BCUT2D eigenvalue weighted by atomic mass is 32.2. The first-order valence-corrected chi connectivity index (χ1v) is 10.1. The van der Waals surface area contributed by atoms with Crippen molar-refractivity contribution >= 4 is 27.5 Å². The van der Waals surface area contributed by atoms with Gasteiger partial charge in [0.1, 0.15) is 0 Å². The van der Waals surface area contributed by atoms with Gasteiger partial charge in [0.25, 0.3) is 0 Å². The summed E-state index contributed by atoms with van der Waals surface area (Å²) in [6.45, 7) is 6.30. The highest BCUT2D eigenvalue weighted by molar-refractivity contribution is 7.84. The highest BCUT2D eigenvalue weighted by Crippen LogP contribution is 2.25. The van der Waals surface area contributed by atoms with Crippen LogP contribution in [-0.2, 0) is 23.6 Å². The topological polar surface area (TPSA) is 38.1 Å². The van der Waals surface area contributed by atoms with Crippen LogP contribution >= 0.6 is 0 Å². The van der Waals surface area contributed by atoms with Crippen molar-refractivity contribution < 1.29 is 4.21 Å². The zero-order valence-electron chi connectivity index (χ0n) is 15.1. The van der Waals surface area contributed by atoms with Crippen LogP contribution in [0.3, 0.4) is 0 Å². The summed E-state index contributed by atoms with van der Waals surface area (Å²) in [5.74, 6) is 0.480. The number of aromatic nitrogens is 2. The van der Waals surface area contributed by atoms with E-state index in [0.29, 0.717) is 10.9 Å². The van der Waals surface area contributed by atoms with Crippen LogP contribution in [0.5, 0.6) is 0 Å². The Labute approximate surface area is 151 Å². The van der Waals surface area contributed by atoms with Crippen molar-refractivity contribution in [3.63, 3.8) is 0 Å². The Bertz CT molecular complexity index is 888. The van der Waals surface area contributed by atoms with Gasteiger partial charge in [-0.05, 0) is 37.1 Å². The monoisotopic (exact) mass is 355 g/mol. The Morgan fingerprint density at radius 3 is 2.52 bits per heavy atom. The lowest BCUT2D eigenvalue weighted by Gasteiger charge is -2.25. The van der Waals surface area contributed by atoms with E-state index in [-0.39, 0.29) is 0 Å². The van der Waals surface area contributed by atoms with Gasteiger partial charge in [-0.2, -0.15) is 0 Å². The van der Waals surface area contributed by atoms with Crippen molar-refractivity contribution in [3.05, 3.63) is 54.1 Å². The first-order valence-electron chi connectivity index (χ1n) is 8.78. The second kappa shape index (κ2) is 7.83. The highest BCUT2D eigenvalue weighted by Gasteiger charge is 2.17. The predicted molar refractivity (Wildman–Crippen MR) is 105 cm³/mol. The van der Waals surface area contributed by atoms with Crippen molar-refractivity contribution in [2.45, 2.75) is 31.2 Å². The quantitative estimate of drug-likeness (QED) is 0.640. The maximum atomic E-state index is 13.0. The lowest BCUT2D eigenvalue weighted by atomic mass is 10.1. The normalized spacial score (nSPS) is 12.4. The maximum absolute atomic E-state index is 13.0. The average Bonchev–Trinajstić information content (AvgIpc) is 2.98. The van der Waals surface area contributed by atoms with Crippen LogP contribution < -0.4 is 4.90 Å². The van der Waals surface area contributed by atoms with Gasteiger partial charge in [0.2, 0.25) is 0 Å². The number of anilines is 1. The molecule has 0 radical (unpaired) electrons. The Balaban J connectivity index is 1.91. The van der Waals surface area contributed by atoms with Crippen LogP contribution in [0.4, 0.5) is 5.69 Å². The van der Waals surface area contributed by atoms with E-state index in [1.165, 1.54) is 5.69 Å². The van der Waals surface area contributed by atoms with E-state index in [2.05, 4.69) is 41.9 Å². The zero-order valence-corrected chi connectivity index (χ0v) is 15.9. The Morgan fingerprint density at radius 1 is 1.08 bits per heavy atom. The first kappa shape index (κ1) is 17.7. The Morgan fingerprint density at radius 2 is 1.80 bits per heavy atom. The van der Waals surface area contributed by atoms with Gasteiger partial charge in [0, 0.05) is 25.8 Å². The molecule has 0 saturated heterocycles. The Kier molecular flexibility index (Phi) is 5.53. The Hall–Kier alpha value is -2.14. The van der Waals surface area contributed by atoms with Gasteiger partial charge < -0.3 is 9.47 Å². The van der Waals surface area contributed by atoms with Gasteiger partial charge in [-0.15, -0.1) is 0 Å². The molecular weight excluding hydrogens is 330 g/mol. The summed E-state index contributed by atoms with van der Waals surface area (Å²) in [6, 6.07) is 16.2. The van der Waals surface area contributed by atoms with Gasteiger partial charge in [-0.1, -0.05) is 37.3 Å². The molecule has 25 heavy (non-hydrogen) atoms. The summed E-state index contributed by atoms with van der Waals surface area (Å²) in [5.41, 5.74) is 4.20. The third-order valence-corrected chi connectivity index (χ3v) is 5.79. The van der Waals surface area contributed by atoms with E-state index in [1.54, 1.807) is 0 Å². The number of para-hydroxylation sites is 3. The number of benzene rings is 2. The molecule has 3 aromatic rings. The molecule has 0 amide bonds. The number of aryl methyl sites for hydroxylation is 1. The fraction of sp³-hybridized carbons (Fsp3) is 0.350. The minimum atomic E-state index is -1.19. The van der Waals surface area contributed by atoms with Gasteiger partial charge in [0.15, 0.2) is 5.16 Å². The lowest BCUT2D eigenvalue weighted by Crippen LogP contribution is -2.24. The van der Waals surface area contributed by atoms with Crippen LogP contribution in [0, 0.1) is 0 Å². The molecular formula is C20H25N3OS. The molecule has 0 fully saturated rings. The van der Waals surface area contributed by atoms with Crippen molar-refractivity contribution in [1.82, 2.24) is 9.55 Å². The summed E-state index contributed by atoms with van der Waals surface area (Å²) in [7, 11) is 0.748. The lowest BCUT2D eigenvalue weighted by molar-refractivity contribution is 0.667. The van der Waals surface area contributed by atoms with E-state index in [4.69, 9.17) is 0 Å². The molecule has 2 aromatic carbocycles. The number of rotatable bonds is 7. The molecule has 0 spiro atoms. The summed E-state index contributed by atoms with van der Waals surface area (Å²) in [6.07, 6.45) is 1.09. The van der Waals surface area contributed by atoms with Crippen molar-refractivity contribution in [1.29, 1.82) is 0 Å². The molecule has 1 unspecified atom stereocenters. The first-order chi connectivity index (χ1) is 12.2. The third kappa shape index (κ3) is 3.61. The molecule has 0 N–H and O–H groups in total. The van der Waals surface area contributed by atoms with Gasteiger partial charge in [-0.3, -0.25) is 4.21 Å². The van der Waals surface area contributed by atoms with E-state index in [1.807, 2.05) is 41.9 Å². The van der Waals surface area contributed by atoms with Gasteiger partial charge in [-0.25, -0.2) is 4.98 Å². The minimum absolute atomic E-state index is 0.480. The molecule has 0 aliphatic rings. The van der Waals surface area contributed by atoms with Crippen molar-refractivity contribution in [2.75, 3.05) is 18.0 Å². The van der Waals surface area contributed by atoms with Crippen molar-refractivity contribution in [2.24, 2.45) is 7.05 Å². The van der Waals surface area contributed by atoms with Crippen molar-refractivity contribution in [3.8, 4) is 0 Å². The largest absolute Gasteiger partial charge is 0.372 e. The smallest absolute Gasteiger partial charge is 0.200 e. The van der Waals surface area contributed by atoms with Crippen LogP contribution in [0.2, 0.25) is 0 Å². The molecule has 4 nitrogen and oxygen atoms in total. The molecule has 1 heterocycles. The average molecular weight is 356 g/mol. The number of imidazole rings is 1. The third-order valence-electron chi connectivity index (χ3n) is 4.44. The van der Waals surface area contributed by atoms with E-state index in [0.717, 1.165) is 36.1 Å². The summed E-state index contributed by atoms with van der Waals surface area (Å²) >= 11 is 0. The molecule has 0 saturated carbocycles. The van der Waals surface area contributed by atoms with Crippen LogP contribution in [-0.4, -0.2) is 26.8 Å². The fourth-order valence-electron chi connectivity index (χ4n) is 3.19. The second-order valence-corrected chi connectivity index (χ2v) is 7.49. The SMILES string of the molecule is CCCN(CC)c1ccccc1CS(=O)c1nc2ccccc2n1C. The fourth-order valence-corrected chi connectivity index (χ4v) is 4.45. The van der Waals surface area contributed by atoms with Crippen LogP contribution in [0.1, 0.15) is 25.8 Å². The van der Waals surface area contributed by atoms with Gasteiger partial charge in [0.05, 0.1) is 27.6 Å². The predicted octanol–water partition coefficient (Wildman–Crippen LogP) is 4.12. The summed E-state index contributed by atoms with van der Waals surface area (Å²) < 4.78 is 15.0. The molecule has 0 aliphatic carbocycles. The number of fused-ring (bicyclic) bond motifs is 1. The maximum Gasteiger partial charge on any atom is 0.200 e. The van der Waals surface area contributed by atoms with E-state index < -0.39 is 10.8 Å². The molecule has 3 rings (SSSR count). The minimum Gasteiger partial charge on any atom is -0.372 e. The number of hydrogen-bond donors (Lipinski definition) is 0. The number of hydrogen-bond acceptors (Lipinski definition) is 3. The molecule has 132 valence electrons. The van der Waals surface area contributed by atoms with Gasteiger partial charge >= 0.3 is 0 Å². The van der Waals surface area contributed by atoms with Crippen LogP contribution in [0.15, 0.2) is 53.7 Å². The zero-order chi connectivity index (χ0) is 17.8. The summed E-state index contributed by atoms with van der Waals surface area (Å²) in [4.78, 5) is 6.94.